The van der Waals surface area contributed by atoms with E-state index in [-0.39, 0.29) is 29.7 Å². The molecule has 10 aromatic carbocycles. The average Bonchev–Trinajstić information content (AvgIpc) is 3.79. The van der Waals surface area contributed by atoms with Gasteiger partial charge in [0.25, 0.3) is 0 Å². The molecule has 11 aromatic rings. The Morgan fingerprint density at radius 1 is 0.317 bits per heavy atom. The maximum Gasteiger partial charge on any atom is 0.0629 e. The predicted octanol–water partition coefficient (Wildman–Crippen LogP) is 17.7. The highest BCUT2D eigenvalue weighted by molar-refractivity contribution is 7.26. The number of benzene rings is 10. The van der Waals surface area contributed by atoms with Crippen LogP contribution in [0.3, 0.4) is 0 Å². The minimum Gasteiger partial charge on any atom is -0.310 e. The van der Waals surface area contributed by atoms with Crippen LogP contribution in [0.15, 0.2) is 255 Å². The Bertz CT molecular complexity index is 3600. The normalized spacial score (nSPS) is 12.3. The monoisotopic (exact) mass is 827 g/mol. The lowest BCUT2D eigenvalue weighted by molar-refractivity contribution is 1.27. The summed E-state index contributed by atoms with van der Waals surface area (Å²) in [7, 11) is 0. The fourth-order valence-electron chi connectivity index (χ4n) is 8.63. The quantitative estimate of drug-likeness (QED) is 0.135. The molecule has 0 aliphatic heterocycles. The number of nitrogens with zero attached hydrogens (tertiary/aromatic N) is 2. The van der Waals surface area contributed by atoms with Crippen LogP contribution in [-0.2, 0) is 0 Å². The van der Waals surface area contributed by atoms with Gasteiger partial charge in [-0.15, -0.1) is 11.3 Å². The van der Waals surface area contributed by atoms with Crippen LogP contribution in [0, 0.1) is 0 Å². The summed E-state index contributed by atoms with van der Waals surface area (Å²) in [4.78, 5) is 4.59. The lowest BCUT2D eigenvalue weighted by atomic mass is 9.97. The van der Waals surface area contributed by atoms with Crippen molar-refractivity contribution in [3.8, 4) is 44.5 Å². The lowest BCUT2D eigenvalue weighted by Gasteiger charge is -2.31. The van der Waals surface area contributed by atoms with Crippen molar-refractivity contribution in [2.75, 3.05) is 9.80 Å². The summed E-state index contributed by atoms with van der Waals surface area (Å²) < 4.78 is 45.5. The van der Waals surface area contributed by atoms with Gasteiger partial charge in [0.05, 0.1) is 23.9 Å². The second kappa shape index (κ2) is 16.8. The molecule has 0 spiro atoms. The Hall–Kier alpha value is -7.98. The van der Waals surface area contributed by atoms with Gasteiger partial charge in [0.2, 0.25) is 0 Å². The summed E-state index contributed by atoms with van der Waals surface area (Å²) in [6, 6.07) is 76.2. The molecule has 11 rings (SSSR count). The third-order valence-electron chi connectivity index (χ3n) is 11.6. The van der Waals surface area contributed by atoms with E-state index in [1.54, 1.807) is 11.3 Å². The molecule has 0 aliphatic rings. The predicted molar refractivity (Wildman–Crippen MR) is 270 cm³/mol. The molecule has 0 saturated carbocycles. The minimum absolute atomic E-state index is 0.153. The first-order valence-corrected chi connectivity index (χ1v) is 21.8. The third kappa shape index (κ3) is 7.35. The van der Waals surface area contributed by atoms with Crippen molar-refractivity contribution in [2.24, 2.45) is 0 Å². The molecule has 63 heavy (non-hydrogen) atoms. The van der Waals surface area contributed by atoms with Crippen molar-refractivity contribution in [1.82, 2.24) is 0 Å². The molecular weight excluding hydrogens is 781 g/mol. The first-order chi connectivity index (χ1) is 33.3. The van der Waals surface area contributed by atoms with Gasteiger partial charge in [-0.25, -0.2) is 0 Å². The van der Waals surface area contributed by atoms with Crippen molar-refractivity contribution >= 4 is 65.6 Å². The fraction of sp³-hybridized carbons (Fsp3) is 0. The van der Waals surface area contributed by atoms with E-state index in [2.05, 4.69) is 180 Å². The molecule has 0 bridgehead atoms. The number of thiophene rings is 1. The molecule has 0 saturated heterocycles. The van der Waals surface area contributed by atoms with Gasteiger partial charge >= 0.3 is 0 Å². The van der Waals surface area contributed by atoms with E-state index < -0.39 is 6.04 Å². The van der Waals surface area contributed by atoms with Crippen LogP contribution in [0.5, 0.6) is 0 Å². The topological polar surface area (TPSA) is 6.48 Å². The van der Waals surface area contributed by atoms with E-state index >= 15 is 0 Å². The summed E-state index contributed by atoms with van der Waals surface area (Å²) in [5, 5.41) is 2.39. The second-order valence-electron chi connectivity index (χ2n) is 15.3. The fourth-order valence-corrected chi connectivity index (χ4v) is 9.76. The molecule has 298 valence electrons. The van der Waals surface area contributed by atoms with Gasteiger partial charge in [-0.05, 0) is 100 Å². The minimum atomic E-state index is -0.419. The molecule has 0 fully saturated rings. The van der Waals surface area contributed by atoms with Crippen molar-refractivity contribution in [1.29, 1.82) is 0 Å². The SMILES string of the molecule is [2H]c1c([2H])c([2H])c(-c2cccc(N(c3ccc(-c4ccccc4)cc3)c3ccccc3-c3ccccc3N(c3ccc(-c4ccccc4)cc3)c3cccc4sc5ccccc5c34)c2)c([2H])c1[2H]. The zero-order valence-corrected chi connectivity index (χ0v) is 35.0. The first-order valence-electron chi connectivity index (χ1n) is 23.5. The van der Waals surface area contributed by atoms with Gasteiger partial charge in [0.1, 0.15) is 0 Å². The van der Waals surface area contributed by atoms with E-state index in [0.717, 1.165) is 67.5 Å². The summed E-state index contributed by atoms with van der Waals surface area (Å²) in [6.45, 7) is 0. The molecule has 2 nitrogen and oxygen atoms in total. The van der Waals surface area contributed by atoms with Crippen LogP contribution in [0.25, 0.3) is 64.7 Å². The summed E-state index contributed by atoms with van der Waals surface area (Å²) in [5.41, 5.74) is 12.7. The zero-order valence-electron chi connectivity index (χ0n) is 39.2. The Kier molecular flexibility index (Phi) is 8.74. The van der Waals surface area contributed by atoms with Gasteiger partial charge in [0, 0.05) is 48.4 Å². The van der Waals surface area contributed by atoms with Gasteiger partial charge in [-0.1, -0.05) is 188 Å². The van der Waals surface area contributed by atoms with Crippen LogP contribution < -0.4 is 9.80 Å². The van der Waals surface area contributed by atoms with Crippen molar-refractivity contribution in [3.05, 3.63) is 255 Å². The second-order valence-corrected chi connectivity index (χ2v) is 16.4. The molecule has 0 radical (unpaired) electrons. The van der Waals surface area contributed by atoms with E-state index in [4.69, 9.17) is 6.85 Å². The number of fused-ring (bicyclic) bond motifs is 3. The Morgan fingerprint density at radius 2 is 0.794 bits per heavy atom. The molecule has 3 heteroatoms. The Morgan fingerprint density at radius 3 is 1.44 bits per heavy atom. The maximum atomic E-state index is 8.89. The standard InChI is InChI=1S/C60H42N2S/c1-4-18-43(19-5-1)46-34-38-49(39-35-46)61(51-25-16-24-48(42-51)45-22-8-3-9-23-45)55-29-13-10-26-52(55)53-27-11-14-30-56(53)62(50-40-36-47(37-41-50)44-20-6-2-7-21-44)57-31-17-33-59-60(57)54-28-12-15-32-58(54)63-59/h1-42H/i3D,8D,9D,22D,23D. The Balaban J connectivity index is 1.13. The zero-order chi connectivity index (χ0) is 46.3. The van der Waals surface area contributed by atoms with Crippen LogP contribution in [0.1, 0.15) is 6.85 Å². The Labute approximate surface area is 379 Å². The summed E-state index contributed by atoms with van der Waals surface area (Å²) >= 11 is 1.80. The molecule has 0 aliphatic carbocycles. The van der Waals surface area contributed by atoms with Crippen LogP contribution in [-0.4, -0.2) is 0 Å². The van der Waals surface area contributed by atoms with Gasteiger partial charge in [0.15, 0.2) is 0 Å². The highest BCUT2D eigenvalue weighted by Gasteiger charge is 2.24. The largest absolute Gasteiger partial charge is 0.310 e. The number of rotatable bonds is 10. The van der Waals surface area contributed by atoms with Crippen molar-refractivity contribution < 1.29 is 6.85 Å². The summed E-state index contributed by atoms with van der Waals surface area (Å²) in [6.07, 6.45) is 0. The third-order valence-corrected chi connectivity index (χ3v) is 12.7. The maximum absolute atomic E-state index is 8.89. The molecular formula is C60H42N2S. The van der Waals surface area contributed by atoms with Crippen molar-refractivity contribution in [3.63, 3.8) is 0 Å². The lowest BCUT2D eigenvalue weighted by Crippen LogP contribution is -2.14. The number of para-hydroxylation sites is 2. The number of hydrogen-bond donors (Lipinski definition) is 0. The molecule has 0 amide bonds. The molecule has 0 atom stereocenters. The summed E-state index contributed by atoms with van der Waals surface area (Å²) in [5.74, 6) is 0. The van der Waals surface area contributed by atoms with E-state index in [0.29, 0.717) is 5.56 Å². The highest BCUT2D eigenvalue weighted by atomic mass is 32.1. The average molecular weight is 828 g/mol. The smallest absolute Gasteiger partial charge is 0.0629 e. The van der Waals surface area contributed by atoms with Gasteiger partial charge in [-0.3, -0.25) is 0 Å². The van der Waals surface area contributed by atoms with Crippen LogP contribution >= 0.6 is 11.3 Å². The molecule has 1 aromatic heterocycles. The number of anilines is 6. The molecule has 1 heterocycles. The van der Waals surface area contributed by atoms with E-state index in [9.17, 15) is 0 Å². The highest BCUT2D eigenvalue weighted by Crippen LogP contribution is 2.50. The molecule has 0 N–H and O–H groups in total. The first kappa shape index (κ1) is 32.7. The van der Waals surface area contributed by atoms with Crippen LogP contribution in [0.4, 0.5) is 34.1 Å². The van der Waals surface area contributed by atoms with E-state index in [1.165, 1.54) is 20.2 Å². The molecule has 0 unspecified atom stereocenters. The van der Waals surface area contributed by atoms with Crippen LogP contribution in [0.2, 0.25) is 0 Å². The van der Waals surface area contributed by atoms with Gasteiger partial charge < -0.3 is 9.80 Å². The van der Waals surface area contributed by atoms with Crippen molar-refractivity contribution in [2.45, 2.75) is 0 Å². The van der Waals surface area contributed by atoms with Gasteiger partial charge in [-0.2, -0.15) is 0 Å². The number of hydrogen-bond acceptors (Lipinski definition) is 3. The van der Waals surface area contributed by atoms with E-state index in [1.807, 2.05) is 54.6 Å².